The Labute approximate surface area is 81.1 Å². The van der Waals surface area contributed by atoms with Gasteiger partial charge in [0.05, 0.1) is 12.2 Å². The normalized spacial score (nSPS) is 9.69. The maximum atomic E-state index is 10.9. The molecule has 0 aromatic heterocycles. The molecule has 0 aliphatic rings. The van der Waals surface area contributed by atoms with Crippen LogP contribution in [-0.4, -0.2) is 11.8 Å². The van der Waals surface area contributed by atoms with E-state index >= 15 is 0 Å². The molecule has 0 radical (unpaired) electrons. The fourth-order valence-corrected chi connectivity index (χ4v) is 0.980. The molecule has 0 amide bonds. The standard InChI is InChI=1S/C9H9ClO3/c1-2-12-13-8-6-4-3-5-7(8)9(10)11/h3-6H,2H2,1H3. The van der Waals surface area contributed by atoms with Crippen molar-refractivity contribution in [1.82, 2.24) is 0 Å². The maximum absolute atomic E-state index is 10.9. The van der Waals surface area contributed by atoms with Gasteiger partial charge in [0.15, 0.2) is 5.75 Å². The largest absolute Gasteiger partial charge is 0.337 e. The van der Waals surface area contributed by atoms with E-state index in [-0.39, 0.29) is 0 Å². The third-order valence-corrected chi connectivity index (χ3v) is 1.57. The van der Waals surface area contributed by atoms with Crippen LogP contribution in [0.1, 0.15) is 17.3 Å². The maximum Gasteiger partial charge on any atom is 0.256 e. The van der Waals surface area contributed by atoms with E-state index in [2.05, 4.69) is 0 Å². The van der Waals surface area contributed by atoms with Crippen LogP contribution in [0.25, 0.3) is 0 Å². The van der Waals surface area contributed by atoms with Gasteiger partial charge in [-0.15, -0.1) is 0 Å². The third-order valence-electron chi connectivity index (χ3n) is 1.37. The minimum atomic E-state index is -0.560. The molecule has 3 nitrogen and oxygen atoms in total. The Balaban J connectivity index is 2.84. The van der Waals surface area contributed by atoms with E-state index < -0.39 is 5.24 Å². The lowest BCUT2D eigenvalue weighted by molar-refractivity contribution is -0.202. The number of carbonyl (C=O) groups is 1. The zero-order valence-electron chi connectivity index (χ0n) is 7.12. The molecule has 70 valence electrons. The van der Waals surface area contributed by atoms with Gasteiger partial charge in [0.1, 0.15) is 0 Å². The first-order valence-corrected chi connectivity index (χ1v) is 4.21. The van der Waals surface area contributed by atoms with Gasteiger partial charge in [0, 0.05) is 0 Å². The zero-order valence-corrected chi connectivity index (χ0v) is 7.88. The summed E-state index contributed by atoms with van der Waals surface area (Å²) < 4.78 is 0. The van der Waals surface area contributed by atoms with Gasteiger partial charge in [0.2, 0.25) is 0 Å². The highest BCUT2D eigenvalue weighted by Gasteiger charge is 2.09. The Morgan fingerprint density at radius 2 is 2.15 bits per heavy atom. The van der Waals surface area contributed by atoms with Crippen molar-refractivity contribution in [2.45, 2.75) is 6.92 Å². The molecule has 0 N–H and O–H groups in total. The molecular weight excluding hydrogens is 192 g/mol. The molecule has 1 aromatic rings. The molecule has 0 atom stereocenters. The smallest absolute Gasteiger partial charge is 0.256 e. The lowest BCUT2D eigenvalue weighted by Gasteiger charge is -2.04. The summed E-state index contributed by atoms with van der Waals surface area (Å²) in [7, 11) is 0. The summed E-state index contributed by atoms with van der Waals surface area (Å²) in [6.07, 6.45) is 0. The van der Waals surface area contributed by atoms with Crippen molar-refractivity contribution >= 4 is 16.8 Å². The minimum Gasteiger partial charge on any atom is -0.337 e. The van der Waals surface area contributed by atoms with Crippen LogP contribution in [0.2, 0.25) is 0 Å². The van der Waals surface area contributed by atoms with Crippen LogP contribution in [0.5, 0.6) is 5.75 Å². The van der Waals surface area contributed by atoms with Crippen LogP contribution >= 0.6 is 11.6 Å². The molecule has 4 heteroatoms. The van der Waals surface area contributed by atoms with Crippen LogP contribution in [0, 0.1) is 0 Å². The van der Waals surface area contributed by atoms with Crippen molar-refractivity contribution in [2.75, 3.05) is 6.61 Å². The van der Waals surface area contributed by atoms with Crippen molar-refractivity contribution in [3.8, 4) is 5.75 Å². The highest BCUT2D eigenvalue weighted by molar-refractivity contribution is 6.68. The second-order valence-electron chi connectivity index (χ2n) is 2.26. The van der Waals surface area contributed by atoms with Gasteiger partial charge < -0.3 is 4.89 Å². The summed E-state index contributed by atoms with van der Waals surface area (Å²) in [5, 5.41) is -0.560. The van der Waals surface area contributed by atoms with Crippen LogP contribution in [-0.2, 0) is 4.89 Å². The monoisotopic (exact) mass is 200 g/mol. The molecule has 0 aliphatic heterocycles. The molecule has 0 aliphatic carbocycles. The molecule has 1 aromatic carbocycles. The summed E-state index contributed by atoms with van der Waals surface area (Å²) >= 11 is 5.31. The lowest BCUT2D eigenvalue weighted by atomic mass is 10.2. The molecule has 0 saturated heterocycles. The zero-order chi connectivity index (χ0) is 9.68. The highest BCUT2D eigenvalue weighted by Crippen LogP contribution is 2.19. The summed E-state index contributed by atoms with van der Waals surface area (Å²) in [6, 6.07) is 6.63. The Morgan fingerprint density at radius 3 is 2.77 bits per heavy atom. The quantitative estimate of drug-likeness (QED) is 0.425. The van der Waals surface area contributed by atoms with Gasteiger partial charge in [-0.2, -0.15) is 4.89 Å². The number of rotatable bonds is 4. The fourth-order valence-electron chi connectivity index (χ4n) is 0.824. The van der Waals surface area contributed by atoms with Crippen molar-refractivity contribution in [3.63, 3.8) is 0 Å². The van der Waals surface area contributed by atoms with Crippen LogP contribution in [0.15, 0.2) is 24.3 Å². The summed E-state index contributed by atoms with van der Waals surface area (Å²) in [6.45, 7) is 2.19. The number of para-hydroxylation sites is 1. The molecule has 0 saturated carbocycles. The van der Waals surface area contributed by atoms with E-state index in [1.54, 1.807) is 31.2 Å². The molecule has 0 bridgehead atoms. The van der Waals surface area contributed by atoms with E-state index in [0.29, 0.717) is 17.9 Å². The number of hydrogen-bond acceptors (Lipinski definition) is 3. The second kappa shape index (κ2) is 4.84. The van der Waals surface area contributed by atoms with Crippen molar-refractivity contribution in [3.05, 3.63) is 29.8 Å². The van der Waals surface area contributed by atoms with Gasteiger partial charge in [-0.25, -0.2) is 0 Å². The van der Waals surface area contributed by atoms with Crippen molar-refractivity contribution < 1.29 is 14.6 Å². The Hall–Kier alpha value is -1.06. The molecule has 1 rings (SSSR count). The average molecular weight is 201 g/mol. The predicted molar refractivity (Wildman–Crippen MR) is 48.9 cm³/mol. The first-order valence-electron chi connectivity index (χ1n) is 3.84. The van der Waals surface area contributed by atoms with Crippen molar-refractivity contribution in [2.24, 2.45) is 0 Å². The Kier molecular flexibility index (Phi) is 3.73. The first-order chi connectivity index (χ1) is 6.25. The average Bonchev–Trinajstić information content (AvgIpc) is 2.15. The van der Waals surface area contributed by atoms with Gasteiger partial charge in [-0.05, 0) is 30.7 Å². The third kappa shape index (κ3) is 2.72. The first kappa shape index (κ1) is 10.0. The van der Waals surface area contributed by atoms with E-state index in [1.165, 1.54) is 0 Å². The highest BCUT2D eigenvalue weighted by atomic mass is 35.5. The van der Waals surface area contributed by atoms with Gasteiger partial charge in [-0.1, -0.05) is 12.1 Å². The van der Waals surface area contributed by atoms with E-state index in [1.807, 2.05) is 0 Å². The predicted octanol–water partition coefficient (Wildman–Crippen LogP) is 2.40. The van der Waals surface area contributed by atoms with Gasteiger partial charge in [-0.3, -0.25) is 4.79 Å². The Bertz CT molecular complexity index is 299. The van der Waals surface area contributed by atoms with Gasteiger partial charge >= 0.3 is 0 Å². The summed E-state index contributed by atoms with van der Waals surface area (Å²) in [5.74, 6) is 0.337. The second-order valence-corrected chi connectivity index (χ2v) is 2.60. The number of hydrogen-bond donors (Lipinski definition) is 0. The van der Waals surface area contributed by atoms with Crippen LogP contribution in [0.4, 0.5) is 0 Å². The molecule has 0 fully saturated rings. The molecule has 0 spiro atoms. The molecule has 13 heavy (non-hydrogen) atoms. The van der Waals surface area contributed by atoms with E-state index in [9.17, 15) is 4.79 Å². The molecule has 0 unspecified atom stereocenters. The summed E-state index contributed by atoms with van der Waals surface area (Å²) in [5.41, 5.74) is 0.303. The van der Waals surface area contributed by atoms with Crippen LogP contribution in [0.3, 0.4) is 0 Å². The molecular formula is C9H9ClO3. The van der Waals surface area contributed by atoms with Crippen LogP contribution < -0.4 is 4.89 Å². The van der Waals surface area contributed by atoms with Gasteiger partial charge in [0.25, 0.3) is 5.24 Å². The number of carbonyl (C=O) groups excluding carboxylic acids is 1. The minimum absolute atomic E-state index is 0.303. The fraction of sp³-hybridized carbons (Fsp3) is 0.222. The summed E-state index contributed by atoms with van der Waals surface area (Å²) in [4.78, 5) is 20.4. The Morgan fingerprint density at radius 1 is 1.46 bits per heavy atom. The topological polar surface area (TPSA) is 35.5 Å². The van der Waals surface area contributed by atoms with E-state index in [4.69, 9.17) is 21.4 Å². The van der Waals surface area contributed by atoms with E-state index in [0.717, 1.165) is 0 Å². The number of halogens is 1. The lowest BCUT2D eigenvalue weighted by Crippen LogP contribution is -2.00. The number of benzene rings is 1. The van der Waals surface area contributed by atoms with Crippen molar-refractivity contribution in [1.29, 1.82) is 0 Å². The SMILES string of the molecule is CCOOc1ccccc1C(=O)Cl. The molecule has 0 heterocycles.